The van der Waals surface area contributed by atoms with Gasteiger partial charge < -0.3 is 10.4 Å². The molecule has 0 spiro atoms. The van der Waals surface area contributed by atoms with Crippen molar-refractivity contribution in [2.75, 3.05) is 6.61 Å². The molecule has 0 saturated carbocycles. The van der Waals surface area contributed by atoms with Crippen molar-refractivity contribution in [1.29, 1.82) is 0 Å². The Morgan fingerprint density at radius 2 is 1.89 bits per heavy atom. The first-order chi connectivity index (χ1) is 9.31. The van der Waals surface area contributed by atoms with Gasteiger partial charge in [0, 0.05) is 19.3 Å². The zero-order valence-electron chi connectivity index (χ0n) is 11.2. The van der Waals surface area contributed by atoms with Gasteiger partial charge in [-0.15, -0.1) is 5.10 Å². The van der Waals surface area contributed by atoms with E-state index in [0.717, 1.165) is 18.7 Å². The average Bonchev–Trinajstić information content (AvgIpc) is 2.88. The molecule has 0 fully saturated rings. The van der Waals surface area contributed by atoms with Gasteiger partial charge in [-0.05, 0) is 17.5 Å². The fourth-order valence-electron chi connectivity index (χ4n) is 1.86. The van der Waals surface area contributed by atoms with Crippen molar-refractivity contribution in [2.45, 2.75) is 33.0 Å². The van der Waals surface area contributed by atoms with Crippen molar-refractivity contribution >= 4 is 0 Å². The van der Waals surface area contributed by atoms with Crippen LogP contribution in [0.4, 0.5) is 0 Å². The van der Waals surface area contributed by atoms with Crippen LogP contribution in [0.15, 0.2) is 30.5 Å². The summed E-state index contributed by atoms with van der Waals surface area (Å²) in [4.78, 5) is 0. The van der Waals surface area contributed by atoms with Crippen LogP contribution in [0.2, 0.25) is 0 Å². The van der Waals surface area contributed by atoms with Gasteiger partial charge in [-0.2, -0.15) is 0 Å². The summed E-state index contributed by atoms with van der Waals surface area (Å²) >= 11 is 0. The summed E-state index contributed by atoms with van der Waals surface area (Å²) in [5.41, 5.74) is 3.51. The van der Waals surface area contributed by atoms with Crippen LogP contribution < -0.4 is 5.32 Å². The van der Waals surface area contributed by atoms with Gasteiger partial charge in [-0.25, -0.2) is 4.68 Å². The Morgan fingerprint density at radius 3 is 2.58 bits per heavy atom. The van der Waals surface area contributed by atoms with Crippen molar-refractivity contribution in [3.8, 4) is 0 Å². The first-order valence-electron chi connectivity index (χ1n) is 6.60. The van der Waals surface area contributed by atoms with E-state index in [9.17, 15) is 0 Å². The zero-order chi connectivity index (χ0) is 13.5. The van der Waals surface area contributed by atoms with Gasteiger partial charge in [0.05, 0.1) is 18.8 Å². The highest BCUT2D eigenvalue weighted by molar-refractivity contribution is 5.22. The van der Waals surface area contributed by atoms with Crippen LogP contribution in [0, 0.1) is 0 Å². The number of aliphatic hydroxyl groups excluding tert-OH is 1. The summed E-state index contributed by atoms with van der Waals surface area (Å²) in [6, 6.07) is 8.62. The van der Waals surface area contributed by atoms with Crippen LogP contribution in [-0.4, -0.2) is 26.7 Å². The summed E-state index contributed by atoms with van der Waals surface area (Å²) in [6.07, 6.45) is 2.92. The van der Waals surface area contributed by atoms with Crippen LogP contribution in [0.3, 0.4) is 0 Å². The molecule has 0 radical (unpaired) electrons. The van der Waals surface area contributed by atoms with E-state index < -0.39 is 0 Å². The van der Waals surface area contributed by atoms with E-state index >= 15 is 0 Å². The predicted octanol–water partition coefficient (Wildman–Crippen LogP) is 1.12. The van der Waals surface area contributed by atoms with Gasteiger partial charge in [-0.3, -0.25) is 0 Å². The highest BCUT2D eigenvalue weighted by Gasteiger charge is 2.00. The third kappa shape index (κ3) is 4.15. The van der Waals surface area contributed by atoms with Crippen LogP contribution >= 0.6 is 0 Å². The Kier molecular flexibility index (Phi) is 5.06. The first kappa shape index (κ1) is 13.7. The molecule has 0 atom stereocenters. The quantitative estimate of drug-likeness (QED) is 0.783. The fraction of sp³-hybridized carbons (Fsp3) is 0.429. The summed E-state index contributed by atoms with van der Waals surface area (Å²) in [5.74, 6) is 0. The molecule has 2 aromatic rings. The van der Waals surface area contributed by atoms with Crippen molar-refractivity contribution in [3.05, 3.63) is 47.3 Å². The molecular formula is C14H20N4O. The second kappa shape index (κ2) is 7.01. The van der Waals surface area contributed by atoms with Crippen molar-refractivity contribution < 1.29 is 5.11 Å². The van der Waals surface area contributed by atoms with Crippen LogP contribution in [0.25, 0.3) is 0 Å². The fourth-order valence-corrected chi connectivity index (χ4v) is 1.86. The van der Waals surface area contributed by atoms with E-state index in [1.165, 1.54) is 11.1 Å². The van der Waals surface area contributed by atoms with Gasteiger partial charge in [0.15, 0.2) is 0 Å². The van der Waals surface area contributed by atoms with E-state index in [1.54, 1.807) is 4.68 Å². The molecule has 0 aliphatic rings. The standard InChI is InChI=1S/C14H20N4O/c1-2-12-3-5-13(6-4-12)9-15-10-14-11-18(7-8-19)17-16-14/h3-6,11,15,19H,2,7-10H2,1H3. The minimum atomic E-state index is 0.0833. The van der Waals surface area contributed by atoms with Gasteiger partial charge in [-0.1, -0.05) is 36.4 Å². The molecule has 5 nitrogen and oxygen atoms in total. The highest BCUT2D eigenvalue weighted by atomic mass is 16.3. The second-order valence-corrected chi connectivity index (χ2v) is 4.47. The molecule has 0 aliphatic carbocycles. The maximum Gasteiger partial charge on any atom is 0.0964 e. The molecule has 102 valence electrons. The van der Waals surface area contributed by atoms with E-state index in [-0.39, 0.29) is 6.61 Å². The molecule has 0 amide bonds. The number of nitrogens with one attached hydrogen (secondary N) is 1. The van der Waals surface area contributed by atoms with Crippen LogP contribution in [0.1, 0.15) is 23.7 Å². The molecule has 1 heterocycles. The lowest BCUT2D eigenvalue weighted by atomic mass is 10.1. The van der Waals surface area contributed by atoms with E-state index in [4.69, 9.17) is 5.11 Å². The number of hydrogen-bond donors (Lipinski definition) is 2. The summed E-state index contributed by atoms with van der Waals surface area (Å²) in [5, 5.41) is 20.1. The first-order valence-corrected chi connectivity index (χ1v) is 6.60. The van der Waals surface area contributed by atoms with Crippen LogP contribution in [0.5, 0.6) is 0 Å². The van der Waals surface area contributed by atoms with Crippen LogP contribution in [-0.2, 0) is 26.1 Å². The number of rotatable bonds is 7. The Bertz CT molecular complexity index is 492. The third-order valence-electron chi connectivity index (χ3n) is 2.98. The topological polar surface area (TPSA) is 63.0 Å². The molecule has 0 bridgehead atoms. The van der Waals surface area contributed by atoms with Gasteiger partial charge in [0.2, 0.25) is 0 Å². The molecule has 0 saturated heterocycles. The molecular weight excluding hydrogens is 240 g/mol. The average molecular weight is 260 g/mol. The summed E-state index contributed by atoms with van der Waals surface area (Å²) < 4.78 is 1.65. The molecule has 0 aliphatic heterocycles. The molecule has 1 aromatic carbocycles. The largest absolute Gasteiger partial charge is 0.394 e. The number of hydrogen-bond acceptors (Lipinski definition) is 4. The molecule has 1 aromatic heterocycles. The molecule has 19 heavy (non-hydrogen) atoms. The van der Waals surface area contributed by atoms with Crippen molar-refractivity contribution in [3.63, 3.8) is 0 Å². The highest BCUT2D eigenvalue weighted by Crippen LogP contribution is 2.05. The lowest BCUT2D eigenvalue weighted by Gasteiger charge is -2.04. The number of aromatic nitrogens is 3. The molecule has 2 rings (SSSR count). The summed E-state index contributed by atoms with van der Waals surface area (Å²) in [6.45, 7) is 4.23. The Balaban J connectivity index is 1.78. The van der Waals surface area contributed by atoms with Gasteiger partial charge in [0.1, 0.15) is 0 Å². The van der Waals surface area contributed by atoms with Crippen molar-refractivity contribution in [2.24, 2.45) is 0 Å². The number of benzene rings is 1. The van der Waals surface area contributed by atoms with Gasteiger partial charge >= 0.3 is 0 Å². The third-order valence-corrected chi connectivity index (χ3v) is 2.98. The van der Waals surface area contributed by atoms with Gasteiger partial charge in [0.25, 0.3) is 0 Å². The number of aliphatic hydroxyl groups is 1. The normalized spacial score (nSPS) is 10.8. The maximum absolute atomic E-state index is 8.79. The Morgan fingerprint density at radius 1 is 1.16 bits per heavy atom. The Labute approximate surface area is 113 Å². The Hall–Kier alpha value is -1.72. The monoisotopic (exact) mass is 260 g/mol. The SMILES string of the molecule is CCc1ccc(CNCc2cn(CCO)nn2)cc1. The smallest absolute Gasteiger partial charge is 0.0964 e. The second-order valence-electron chi connectivity index (χ2n) is 4.47. The maximum atomic E-state index is 8.79. The number of nitrogens with zero attached hydrogens (tertiary/aromatic N) is 3. The lowest BCUT2D eigenvalue weighted by molar-refractivity contribution is 0.268. The lowest BCUT2D eigenvalue weighted by Crippen LogP contribution is -2.13. The number of aryl methyl sites for hydroxylation is 1. The summed E-state index contributed by atoms with van der Waals surface area (Å²) in [7, 11) is 0. The van der Waals surface area contributed by atoms with E-state index in [1.807, 2.05) is 6.20 Å². The predicted molar refractivity (Wildman–Crippen MR) is 73.5 cm³/mol. The minimum Gasteiger partial charge on any atom is -0.394 e. The minimum absolute atomic E-state index is 0.0833. The zero-order valence-corrected chi connectivity index (χ0v) is 11.2. The van der Waals surface area contributed by atoms with E-state index in [0.29, 0.717) is 13.1 Å². The van der Waals surface area contributed by atoms with E-state index in [2.05, 4.69) is 46.8 Å². The molecule has 5 heteroatoms. The van der Waals surface area contributed by atoms with Crippen molar-refractivity contribution in [1.82, 2.24) is 20.3 Å². The molecule has 2 N–H and O–H groups in total. The molecule has 0 unspecified atom stereocenters.